The van der Waals surface area contributed by atoms with Crippen LogP contribution < -0.4 is 135 Å². The molecule has 0 aliphatic heterocycles. The third-order valence-corrected chi connectivity index (χ3v) is 2.40. The fraction of sp³-hybridized carbons (Fsp3) is 0.133. The van der Waals surface area contributed by atoms with Crippen molar-refractivity contribution in [3.05, 3.63) is 48.5 Å². The van der Waals surface area contributed by atoms with Gasteiger partial charge in [-0.25, -0.2) is 0 Å². The molecular formula is C15H24K2N4O11S2. The number of nitrogens with one attached hydrogen (secondary N) is 2. The van der Waals surface area contributed by atoms with E-state index >= 15 is 0 Å². The zero-order valence-electron chi connectivity index (χ0n) is 18.7. The molecule has 15 nitrogen and oxygen atoms in total. The van der Waals surface area contributed by atoms with Crippen LogP contribution in [-0.4, -0.2) is 55.3 Å². The molecule has 2 rings (SSSR count). The summed E-state index contributed by atoms with van der Waals surface area (Å²) in [6, 6.07) is 15.2. The summed E-state index contributed by atoms with van der Waals surface area (Å²) in [5, 5.41) is 22.7. The summed E-state index contributed by atoms with van der Waals surface area (Å²) in [4.78, 5) is 8.33. The van der Waals surface area contributed by atoms with Crippen molar-refractivity contribution in [1.82, 2.24) is 0 Å². The first-order valence-corrected chi connectivity index (χ1v) is 10.5. The topological polar surface area (TPSA) is 288 Å². The molecule has 0 heterocycles. The average molecular weight is 579 g/mol. The number of hydrogen-bond acceptors (Lipinski definition) is 11. The standard InChI is InChI=1S/2C7H10N2.CH2O3.2K.2H2O4S/c2*1-9-7-4-2-6(8)3-5-7;2-1(3)4;;;2*1-5(2,3)4/h2*2-5,9H,8H2,1H3;(H2,2,3,4);;;2*(H2,1,2,3,4)/q;;;2*+1;;/p-2. The summed E-state index contributed by atoms with van der Waals surface area (Å²) in [6.07, 6.45) is -2.33. The predicted octanol–water partition coefficient (Wildman–Crippen LogP) is -7.12. The number of hydrogen-bond donors (Lipinski definition) is 8. The minimum atomic E-state index is -4.67. The van der Waals surface area contributed by atoms with Crippen molar-refractivity contribution in [2.75, 3.05) is 36.2 Å². The Labute approximate surface area is 282 Å². The molecule has 0 saturated carbocycles. The van der Waals surface area contributed by atoms with Gasteiger partial charge >= 0.3 is 124 Å². The van der Waals surface area contributed by atoms with Crippen LogP contribution in [0.15, 0.2) is 48.5 Å². The van der Waals surface area contributed by atoms with Crippen LogP contribution >= 0.6 is 0 Å². The normalized spacial score (nSPS) is 8.88. The molecule has 34 heavy (non-hydrogen) atoms. The first-order valence-electron chi connectivity index (χ1n) is 7.73. The van der Waals surface area contributed by atoms with Crippen molar-refractivity contribution in [2.24, 2.45) is 0 Å². The molecule has 0 unspecified atom stereocenters. The van der Waals surface area contributed by atoms with Gasteiger partial charge in [-0.1, -0.05) is 0 Å². The van der Waals surface area contributed by atoms with Crippen LogP contribution in [-0.2, 0) is 20.8 Å². The Morgan fingerprint density at radius 2 is 0.824 bits per heavy atom. The zero-order chi connectivity index (χ0) is 26.0. The maximum absolute atomic E-state index is 8.74. The van der Waals surface area contributed by atoms with Gasteiger partial charge in [0.05, 0.1) is 0 Å². The molecular weight excluding hydrogens is 555 g/mol. The van der Waals surface area contributed by atoms with Gasteiger partial charge in [-0.2, -0.15) is 16.8 Å². The number of anilines is 4. The Morgan fingerprint density at radius 1 is 0.676 bits per heavy atom. The third kappa shape index (κ3) is 53.3. The van der Waals surface area contributed by atoms with Crippen LogP contribution in [0, 0.1) is 0 Å². The summed E-state index contributed by atoms with van der Waals surface area (Å²) in [5.74, 6) is 0. The molecule has 0 spiro atoms. The summed E-state index contributed by atoms with van der Waals surface area (Å²) in [5.41, 5.74) is 14.7. The Kier molecular flexibility index (Phi) is 31.8. The fourth-order valence-corrected chi connectivity index (χ4v) is 1.30. The minimum absolute atomic E-state index is 0. The summed E-state index contributed by atoms with van der Waals surface area (Å²) in [7, 11) is -5.57. The van der Waals surface area contributed by atoms with Crippen molar-refractivity contribution in [3.8, 4) is 0 Å². The van der Waals surface area contributed by atoms with E-state index in [1.54, 1.807) is 0 Å². The van der Waals surface area contributed by atoms with Gasteiger partial charge in [0, 0.05) is 36.8 Å². The van der Waals surface area contributed by atoms with Crippen molar-refractivity contribution in [1.29, 1.82) is 0 Å². The number of rotatable bonds is 2. The second kappa shape index (κ2) is 24.6. The molecule has 0 bridgehead atoms. The van der Waals surface area contributed by atoms with E-state index in [2.05, 4.69) is 10.6 Å². The van der Waals surface area contributed by atoms with Crippen molar-refractivity contribution >= 4 is 49.7 Å². The summed E-state index contributed by atoms with van der Waals surface area (Å²) < 4.78 is 63.2. The Morgan fingerprint density at radius 3 is 0.941 bits per heavy atom. The monoisotopic (exact) mass is 578 g/mol. The van der Waals surface area contributed by atoms with Gasteiger partial charge < -0.3 is 37.1 Å². The SMILES string of the molecule is CNc1ccc(N)cc1.CNc1ccc(N)cc1.O=C([O-])[O-].O=S(=O)(O)O.O=S(=O)(O)O.[K+].[K+]. The molecule has 2 aromatic carbocycles. The molecule has 0 amide bonds. The maximum Gasteiger partial charge on any atom is 1.00 e. The average Bonchev–Trinajstić information content (AvgIpc) is 2.60. The minimum Gasteiger partial charge on any atom is -0.652 e. The molecule has 0 aromatic heterocycles. The van der Waals surface area contributed by atoms with Crippen LogP contribution in [0.2, 0.25) is 0 Å². The number of carbonyl (C=O) groups is 1. The van der Waals surface area contributed by atoms with Crippen LogP contribution in [0.3, 0.4) is 0 Å². The zero-order valence-corrected chi connectivity index (χ0v) is 26.6. The number of nitrogens with two attached hydrogens (primary N) is 2. The molecule has 184 valence electrons. The molecule has 19 heteroatoms. The molecule has 0 atom stereocenters. The van der Waals surface area contributed by atoms with E-state index in [0.717, 1.165) is 22.7 Å². The van der Waals surface area contributed by atoms with E-state index in [4.69, 9.17) is 61.5 Å². The van der Waals surface area contributed by atoms with E-state index < -0.39 is 27.0 Å². The van der Waals surface area contributed by atoms with Gasteiger partial charge in [-0.05, 0) is 54.7 Å². The Hall–Kier alpha value is -0.0773. The van der Waals surface area contributed by atoms with Crippen LogP contribution in [0.4, 0.5) is 27.5 Å². The van der Waals surface area contributed by atoms with Gasteiger partial charge in [-0.15, -0.1) is 0 Å². The molecule has 2 aromatic rings. The van der Waals surface area contributed by atoms with Gasteiger partial charge in [-0.3, -0.25) is 18.2 Å². The summed E-state index contributed by atoms with van der Waals surface area (Å²) in [6.45, 7) is 0. The molecule has 0 fully saturated rings. The molecule has 0 radical (unpaired) electrons. The number of nitrogen functional groups attached to an aromatic ring is 2. The smallest absolute Gasteiger partial charge is 0.652 e. The van der Waals surface area contributed by atoms with E-state index in [0.29, 0.717) is 0 Å². The van der Waals surface area contributed by atoms with E-state index in [9.17, 15) is 0 Å². The quantitative estimate of drug-likeness (QED) is 0.0932. The van der Waals surface area contributed by atoms with Crippen LogP contribution in [0.25, 0.3) is 0 Å². The second-order valence-corrected chi connectivity index (χ2v) is 6.68. The Bertz CT molecular complexity index is 881. The van der Waals surface area contributed by atoms with Gasteiger partial charge in [0.2, 0.25) is 0 Å². The van der Waals surface area contributed by atoms with Gasteiger partial charge in [0.15, 0.2) is 0 Å². The number of carboxylic acid groups (broad SMARTS) is 2. The van der Waals surface area contributed by atoms with Gasteiger partial charge in [0.25, 0.3) is 0 Å². The second-order valence-electron chi connectivity index (χ2n) is 4.89. The van der Waals surface area contributed by atoms with E-state index in [1.807, 2.05) is 62.6 Å². The first-order chi connectivity index (χ1) is 14.4. The first kappa shape index (κ1) is 44.0. The largest absolute Gasteiger partial charge is 1.00 e. The van der Waals surface area contributed by atoms with Crippen molar-refractivity contribution < 1.29 is 153 Å². The van der Waals surface area contributed by atoms with Gasteiger partial charge in [0.1, 0.15) is 0 Å². The van der Waals surface area contributed by atoms with E-state index in [-0.39, 0.29) is 103 Å². The number of carbonyl (C=O) groups excluding carboxylic acids is 1. The predicted molar refractivity (Wildman–Crippen MR) is 115 cm³/mol. The van der Waals surface area contributed by atoms with Crippen LogP contribution in [0.5, 0.6) is 0 Å². The number of benzene rings is 2. The van der Waals surface area contributed by atoms with Crippen molar-refractivity contribution in [3.63, 3.8) is 0 Å². The van der Waals surface area contributed by atoms with E-state index in [1.165, 1.54) is 0 Å². The summed E-state index contributed by atoms with van der Waals surface area (Å²) >= 11 is 0. The fourth-order valence-electron chi connectivity index (χ4n) is 1.30. The Balaban J connectivity index is -0.000000106. The van der Waals surface area contributed by atoms with Crippen molar-refractivity contribution in [2.45, 2.75) is 0 Å². The molecule has 0 saturated heterocycles. The molecule has 0 aliphatic carbocycles. The third-order valence-electron chi connectivity index (χ3n) is 2.40. The molecule has 10 N–H and O–H groups in total. The maximum atomic E-state index is 8.74. The molecule has 0 aliphatic rings. The van der Waals surface area contributed by atoms with Crippen LogP contribution in [0.1, 0.15) is 0 Å².